The highest BCUT2D eigenvalue weighted by molar-refractivity contribution is 7.10. The molecule has 1 aromatic carbocycles. The summed E-state index contributed by atoms with van der Waals surface area (Å²) in [7, 11) is 0. The summed E-state index contributed by atoms with van der Waals surface area (Å²) in [6.07, 6.45) is -0.166. The monoisotopic (exact) mass is 304 g/mol. The van der Waals surface area contributed by atoms with Crippen LogP contribution in [0, 0.1) is 0 Å². The van der Waals surface area contributed by atoms with Gasteiger partial charge in [-0.1, -0.05) is 24.3 Å². The molecule has 0 aliphatic carbocycles. The summed E-state index contributed by atoms with van der Waals surface area (Å²) in [6, 6.07) is 12.6. The van der Waals surface area contributed by atoms with Gasteiger partial charge in [0.2, 0.25) is 5.91 Å². The van der Waals surface area contributed by atoms with Crippen molar-refractivity contribution < 1.29 is 14.3 Å². The van der Waals surface area contributed by atoms with Crippen LogP contribution >= 0.6 is 11.3 Å². The van der Waals surface area contributed by atoms with Crippen molar-refractivity contribution in [2.24, 2.45) is 0 Å². The van der Waals surface area contributed by atoms with E-state index in [1.165, 1.54) is 0 Å². The van der Waals surface area contributed by atoms with Gasteiger partial charge < -0.3 is 15.4 Å². The van der Waals surface area contributed by atoms with Crippen molar-refractivity contribution >= 4 is 23.3 Å². The van der Waals surface area contributed by atoms with Crippen LogP contribution < -0.4 is 15.4 Å². The minimum atomic E-state index is -0.534. The second-order valence-corrected chi connectivity index (χ2v) is 5.27. The van der Waals surface area contributed by atoms with Gasteiger partial charge in [0.05, 0.1) is 6.42 Å². The standard InChI is InChI=1S/C15H16N2O3S/c18-14(11-13-7-4-10-21-13)16-8-9-17-15(19)20-12-5-2-1-3-6-12/h1-7,10H,8-9,11H2,(H,16,18)(H,17,19). The highest BCUT2D eigenvalue weighted by Crippen LogP contribution is 2.09. The molecule has 2 N–H and O–H groups in total. The molecule has 0 aliphatic rings. The van der Waals surface area contributed by atoms with Gasteiger partial charge in [-0.3, -0.25) is 4.79 Å². The first kappa shape index (κ1) is 15.1. The molecule has 0 unspecified atom stereocenters. The van der Waals surface area contributed by atoms with Gasteiger partial charge in [0.1, 0.15) is 5.75 Å². The summed E-state index contributed by atoms with van der Waals surface area (Å²) in [6.45, 7) is 0.690. The number of rotatable bonds is 6. The van der Waals surface area contributed by atoms with Crippen LogP contribution in [-0.2, 0) is 11.2 Å². The molecule has 0 saturated carbocycles. The summed E-state index contributed by atoms with van der Waals surface area (Å²) in [5, 5.41) is 7.24. The molecule has 2 amide bonds. The van der Waals surface area contributed by atoms with Crippen molar-refractivity contribution in [2.75, 3.05) is 13.1 Å². The number of amides is 2. The minimum Gasteiger partial charge on any atom is -0.410 e. The van der Waals surface area contributed by atoms with Crippen LogP contribution in [0.15, 0.2) is 47.8 Å². The van der Waals surface area contributed by atoms with Crippen LogP contribution in [0.25, 0.3) is 0 Å². The van der Waals surface area contributed by atoms with Crippen LogP contribution in [0.5, 0.6) is 5.75 Å². The SMILES string of the molecule is O=C(Cc1cccs1)NCCNC(=O)Oc1ccccc1. The molecule has 0 fully saturated rings. The Balaban J connectivity index is 1.59. The van der Waals surface area contributed by atoms with E-state index in [-0.39, 0.29) is 5.91 Å². The van der Waals surface area contributed by atoms with Crippen molar-refractivity contribution in [2.45, 2.75) is 6.42 Å². The minimum absolute atomic E-state index is 0.0596. The second-order valence-electron chi connectivity index (χ2n) is 4.24. The Morgan fingerprint density at radius 1 is 1.00 bits per heavy atom. The van der Waals surface area contributed by atoms with Crippen molar-refractivity contribution in [3.63, 3.8) is 0 Å². The molecule has 0 bridgehead atoms. The fraction of sp³-hybridized carbons (Fsp3) is 0.200. The topological polar surface area (TPSA) is 67.4 Å². The lowest BCUT2D eigenvalue weighted by Crippen LogP contribution is -2.36. The number of hydrogen-bond acceptors (Lipinski definition) is 4. The van der Waals surface area contributed by atoms with Crippen molar-refractivity contribution in [3.8, 4) is 5.75 Å². The zero-order chi connectivity index (χ0) is 14.9. The third kappa shape index (κ3) is 5.66. The smallest absolute Gasteiger partial charge is 0.410 e. The van der Waals surface area contributed by atoms with E-state index in [2.05, 4.69) is 10.6 Å². The van der Waals surface area contributed by atoms with Gasteiger partial charge >= 0.3 is 6.09 Å². The Morgan fingerprint density at radius 2 is 1.76 bits per heavy atom. The molecule has 0 radical (unpaired) electrons. The average Bonchev–Trinajstić information content (AvgIpc) is 2.97. The molecule has 0 saturated heterocycles. The summed E-state index contributed by atoms with van der Waals surface area (Å²) in [5.41, 5.74) is 0. The predicted molar refractivity (Wildman–Crippen MR) is 81.5 cm³/mol. The Labute approximate surface area is 126 Å². The van der Waals surface area contributed by atoms with E-state index < -0.39 is 6.09 Å². The van der Waals surface area contributed by atoms with E-state index in [9.17, 15) is 9.59 Å². The van der Waals surface area contributed by atoms with Gasteiger partial charge in [-0.15, -0.1) is 11.3 Å². The summed E-state index contributed by atoms with van der Waals surface area (Å²) >= 11 is 1.55. The number of nitrogens with one attached hydrogen (secondary N) is 2. The fourth-order valence-corrected chi connectivity index (χ4v) is 2.34. The maximum Gasteiger partial charge on any atom is 0.412 e. The number of thiophene rings is 1. The summed E-state index contributed by atoms with van der Waals surface area (Å²) in [5.74, 6) is 0.424. The fourth-order valence-electron chi connectivity index (χ4n) is 1.63. The Hall–Kier alpha value is -2.34. The quantitative estimate of drug-likeness (QED) is 0.804. The van der Waals surface area contributed by atoms with E-state index in [1.54, 1.807) is 35.6 Å². The highest BCUT2D eigenvalue weighted by Gasteiger charge is 2.05. The molecular formula is C15H16N2O3S. The lowest BCUT2D eigenvalue weighted by Gasteiger charge is -2.07. The van der Waals surface area contributed by atoms with Crippen LogP contribution in [-0.4, -0.2) is 25.1 Å². The van der Waals surface area contributed by atoms with Gasteiger partial charge in [-0.2, -0.15) is 0 Å². The first-order chi connectivity index (χ1) is 10.2. The van der Waals surface area contributed by atoms with Crippen LogP contribution in [0.1, 0.15) is 4.88 Å². The number of carbonyl (C=O) groups is 2. The molecule has 110 valence electrons. The first-order valence-corrected chi connectivity index (χ1v) is 7.42. The molecule has 1 aromatic heterocycles. The van der Waals surface area contributed by atoms with Crippen LogP contribution in [0.4, 0.5) is 4.79 Å². The molecule has 6 heteroatoms. The molecule has 2 aromatic rings. The number of para-hydroxylation sites is 1. The molecule has 5 nitrogen and oxygen atoms in total. The van der Waals surface area contributed by atoms with Crippen LogP contribution in [0.3, 0.4) is 0 Å². The van der Waals surface area contributed by atoms with E-state index >= 15 is 0 Å². The zero-order valence-corrected chi connectivity index (χ0v) is 12.2. The van der Waals surface area contributed by atoms with E-state index in [4.69, 9.17) is 4.74 Å². The number of ether oxygens (including phenoxy) is 1. The largest absolute Gasteiger partial charge is 0.412 e. The lowest BCUT2D eigenvalue weighted by atomic mass is 10.3. The van der Waals surface area contributed by atoms with Gasteiger partial charge in [-0.25, -0.2) is 4.79 Å². The van der Waals surface area contributed by atoms with Crippen molar-refractivity contribution in [1.29, 1.82) is 0 Å². The molecule has 0 spiro atoms. The molecule has 0 atom stereocenters. The third-order valence-electron chi connectivity index (χ3n) is 2.59. The van der Waals surface area contributed by atoms with Gasteiger partial charge in [0.15, 0.2) is 0 Å². The average molecular weight is 304 g/mol. The maximum absolute atomic E-state index is 11.6. The molecular weight excluding hydrogens is 288 g/mol. The van der Waals surface area contributed by atoms with Gasteiger partial charge in [-0.05, 0) is 23.6 Å². The number of hydrogen-bond donors (Lipinski definition) is 2. The molecule has 0 aliphatic heterocycles. The summed E-state index contributed by atoms with van der Waals surface area (Å²) in [4.78, 5) is 24.1. The lowest BCUT2D eigenvalue weighted by molar-refractivity contribution is -0.120. The van der Waals surface area contributed by atoms with E-state index in [0.717, 1.165) is 4.88 Å². The Kier molecular flexibility index (Phi) is 5.78. The normalized spacial score (nSPS) is 9.90. The maximum atomic E-state index is 11.6. The predicted octanol–water partition coefficient (Wildman–Crippen LogP) is 2.20. The highest BCUT2D eigenvalue weighted by atomic mass is 32.1. The molecule has 2 rings (SSSR count). The Morgan fingerprint density at radius 3 is 2.48 bits per heavy atom. The molecule has 21 heavy (non-hydrogen) atoms. The summed E-state index contributed by atoms with van der Waals surface area (Å²) < 4.78 is 5.05. The van der Waals surface area contributed by atoms with Gasteiger partial charge in [0, 0.05) is 18.0 Å². The zero-order valence-electron chi connectivity index (χ0n) is 11.4. The third-order valence-corrected chi connectivity index (χ3v) is 3.46. The van der Waals surface area contributed by atoms with E-state index in [1.807, 2.05) is 23.6 Å². The van der Waals surface area contributed by atoms with Crippen molar-refractivity contribution in [1.82, 2.24) is 10.6 Å². The van der Waals surface area contributed by atoms with Crippen molar-refractivity contribution in [3.05, 3.63) is 52.7 Å². The second kappa shape index (κ2) is 8.06. The molecule has 1 heterocycles. The number of carbonyl (C=O) groups excluding carboxylic acids is 2. The number of benzene rings is 1. The Bertz CT molecular complexity index is 570. The first-order valence-electron chi connectivity index (χ1n) is 6.54. The van der Waals surface area contributed by atoms with Crippen LogP contribution in [0.2, 0.25) is 0 Å². The van der Waals surface area contributed by atoms with Gasteiger partial charge in [0.25, 0.3) is 0 Å². The van der Waals surface area contributed by atoms with E-state index in [0.29, 0.717) is 25.3 Å².